The average molecular weight is 415 g/mol. The van der Waals surface area contributed by atoms with Crippen LogP contribution in [-0.4, -0.2) is 10.5 Å². The van der Waals surface area contributed by atoms with E-state index < -0.39 is 0 Å². The molecular weight excluding hydrogens is 402 g/mol. The van der Waals surface area contributed by atoms with Gasteiger partial charge < -0.3 is 4.57 Å². The van der Waals surface area contributed by atoms with E-state index in [9.17, 15) is 9.59 Å². The van der Waals surface area contributed by atoms with Gasteiger partial charge in [0.05, 0.1) is 17.4 Å². The van der Waals surface area contributed by atoms with Gasteiger partial charge in [-0.05, 0) is 49.1 Å². The van der Waals surface area contributed by atoms with Crippen LogP contribution in [0, 0.1) is 0 Å². The van der Waals surface area contributed by atoms with Gasteiger partial charge in [0.25, 0.3) is 5.56 Å². The highest BCUT2D eigenvalue weighted by atomic mass is 79.9. The standard InChI is InChI=1S/C14H13Br2N3O2/c15-11-6-12(16)14(21)19(8-11)7-10-3-1-9(2-4-10)5-13(20)18-17/h1-4,6,8H,5,7,17H2,(H,18,20). The molecule has 1 amide bonds. The molecule has 1 aromatic heterocycles. The van der Waals surface area contributed by atoms with Gasteiger partial charge >= 0.3 is 0 Å². The number of halogens is 2. The molecule has 21 heavy (non-hydrogen) atoms. The maximum absolute atomic E-state index is 12.0. The molecule has 1 heterocycles. The Balaban J connectivity index is 2.17. The number of aromatic nitrogens is 1. The lowest BCUT2D eigenvalue weighted by atomic mass is 10.1. The van der Waals surface area contributed by atoms with Gasteiger partial charge in [-0.1, -0.05) is 24.3 Å². The Labute approximate surface area is 138 Å². The largest absolute Gasteiger partial charge is 0.309 e. The number of benzene rings is 1. The van der Waals surface area contributed by atoms with Gasteiger partial charge in [0.2, 0.25) is 5.91 Å². The first-order chi connectivity index (χ1) is 9.99. The third kappa shape index (κ3) is 4.26. The van der Waals surface area contributed by atoms with E-state index in [2.05, 4.69) is 37.3 Å². The number of nitrogens with zero attached hydrogens (tertiary/aromatic N) is 1. The van der Waals surface area contributed by atoms with Crippen molar-refractivity contribution in [1.29, 1.82) is 0 Å². The zero-order valence-corrected chi connectivity index (χ0v) is 14.1. The third-order valence-corrected chi connectivity index (χ3v) is 3.91. The number of nitrogens with two attached hydrogens (primary N) is 1. The number of carbonyl (C=O) groups is 1. The van der Waals surface area contributed by atoms with Gasteiger partial charge in [-0.15, -0.1) is 0 Å². The summed E-state index contributed by atoms with van der Waals surface area (Å²) >= 11 is 6.60. The fourth-order valence-electron chi connectivity index (χ4n) is 1.88. The molecule has 2 aromatic rings. The summed E-state index contributed by atoms with van der Waals surface area (Å²) in [4.78, 5) is 23.2. The van der Waals surface area contributed by atoms with Crippen molar-refractivity contribution in [3.05, 3.63) is 67.0 Å². The van der Waals surface area contributed by atoms with Crippen LogP contribution in [0.1, 0.15) is 11.1 Å². The lowest BCUT2D eigenvalue weighted by molar-refractivity contribution is -0.120. The Hall–Kier alpha value is -1.44. The van der Waals surface area contributed by atoms with Crippen LogP contribution >= 0.6 is 31.9 Å². The second kappa shape index (κ2) is 7.02. The number of hydrazine groups is 1. The average Bonchev–Trinajstić information content (AvgIpc) is 2.46. The van der Waals surface area contributed by atoms with Gasteiger partial charge in [0.15, 0.2) is 0 Å². The first-order valence-electron chi connectivity index (χ1n) is 6.12. The summed E-state index contributed by atoms with van der Waals surface area (Å²) < 4.78 is 2.94. The molecule has 0 radical (unpaired) electrons. The van der Waals surface area contributed by atoms with Crippen LogP contribution in [0.15, 0.2) is 50.3 Å². The van der Waals surface area contributed by atoms with Gasteiger partial charge in [-0.3, -0.25) is 15.0 Å². The molecule has 2 rings (SSSR count). The van der Waals surface area contributed by atoms with E-state index in [4.69, 9.17) is 5.84 Å². The number of amides is 1. The topological polar surface area (TPSA) is 77.1 Å². The molecule has 0 aliphatic rings. The Morgan fingerprint density at radius 3 is 2.43 bits per heavy atom. The molecule has 5 nitrogen and oxygen atoms in total. The quantitative estimate of drug-likeness (QED) is 0.456. The van der Waals surface area contributed by atoms with Crippen molar-refractivity contribution in [3.8, 4) is 0 Å². The minimum atomic E-state index is -0.241. The lowest BCUT2D eigenvalue weighted by Gasteiger charge is -2.08. The molecule has 0 saturated heterocycles. The van der Waals surface area contributed by atoms with Crippen LogP contribution in [0.4, 0.5) is 0 Å². The van der Waals surface area contributed by atoms with Gasteiger partial charge in [-0.2, -0.15) is 0 Å². The molecule has 1 aromatic carbocycles. The van der Waals surface area contributed by atoms with E-state index in [1.807, 2.05) is 24.3 Å². The van der Waals surface area contributed by atoms with E-state index in [0.29, 0.717) is 11.0 Å². The highest BCUT2D eigenvalue weighted by Gasteiger charge is 2.05. The fraction of sp³-hybridized carbons (Fsp3) is 0.143. The molecule has 0 fully saturated rings. The number of nitrogens with one attached hydrogen (secondary N) is 1. The Kier molecular flexibility index (Phi) is 5.33. The zero-order chi connectivity index (χ0) is 15.4. The van der Waals surface area contributed by atoms with Crippen LogP contribution < -0.4 is 16.8 Å². The Bertz CT molecular complexity index is 711. The molecule has 0 aliphatic heterocycles. The minimum Gasteiger partial charge on any atom is -0.309 e. The fourth-order valence-corrected chi connectivity index (χ4v) is 3.14. The number of hydrogen-bond donors (Lipinski definition) is 2. The summed E-state index contributed by atoms with van der Waals surface area (Å²) in [6.07, 6.45) is 1.97. The minimum absolute atomic E-state index is 0.0928. The molecular formula is C14H13Br2N3O2. The maximum atomic E-state index is 12.0. The molecule has 0 unspecified atom stereocenters. The number of carbonyl (C=O) groups excluding carboxylic acids is 1. The SMILES string of the molecule is NNC(=O)Cc1ccc(Cn2cc(Br)cc(Br)c2=O)cc1. The second-order valence-electron chi connectivity index (χ2n) is 4.50. The van der Waals surface area contributed by atoms with Crippen molar-refractivity contribution in [3.63, 3.8) is 0 Å². The second-order valence-corrected chi connectivity index (χ2v) is 6.27. The molecule has 0 bridgehead atoms. The van der Waals surface area contributed by atoms with Crippen LogP contribution in [0.3, 0.4) is 0 Å². The number of hydrogen-bond acceptors (Lipinski definition) is 3. The molecule has 7 heteroatoms. The van der Waals surface area contributed by atoms with Crippen LogP contribution in [0.5, 0.6) is 0 Å². The normalized spacial score (nSPS) is 10.4. The van der Waals surface area contributed by atoms with Crippen molar-refractivity contribution in [2.45, 2.75) is 13.0 Å². The molecule has 3 N–H and O–H groups in total. The molecule has 0 aliphatic carbocycles. The maximum Gasteiger partial charge on any atom is 0.265 e. The van der Waals surface area contributed by atoms with Crippen LogP contribution in [0.25, 0.3) is 0 Å². The highest BCUT2D eigenvalue weighted by molar-refractivity contribution is 9.11. The summed E-state index contributed by atoms with van der Waals surface area (Å²) in [5.74, 6) is 4.81. The summed E-state index contributed by atoms with van der Waals surface area (Å²) in [5.41, 5.74) is 3.84. The highest BCUT2D eigenvalue weighted by Crippen LogP contribution is 2.14. The van der Waals surface area contributed by atoms with Crippen molar-refractivity contribution in [1.82, 2.24) is 9.99 Å². The summed E-state index contributed by atoms with van der Waals surface area (Å²) in [7, 11) is 0. The third-order valence-electron chi connectivity index (χ3n) is 2.91. The van der Waals surface area contributed by atoms with Gasteiger partial charge in [0, 0.05) is 10.7 Å². The lowest BCUT2D eigenvalue weighted by Crippen LogP contribution is -2.31. The summed E-state index contributed by atoms with van der Waals surface area (Å²) in [6, 6.07) is 9.19. The van der Waals surface area contributed by atoms with Crippen molar-refractivity contribution >= 4 is 37.8 Å². The van der Waals surface area contributed by atoms with Crippen LogP contribution in [0.2, 0.25) is 0 Å². The monoisotopic (exact) mass is 413 g/mol. The van der Waals surface area contributed by atoms with Crippen LogP contribution in [-0.2, 0) is 17.8 Å². The van der Waals surface area contributed by atoms with Crippen molar-refractivity contribution in [2.75, 3.05) is 0 Å². The molecule has 0 atom stereocenters. The van der Waals surface area contributed by atoms with Gasteiger partial charge in [0.1, 0.15) is 0 Å². The Morgan fingerprint density at radius 2 is 1.81 bits per heavy atom. The smallest absolute Gasteiger partial charge is 0.265 e. The van der Waals surface area contributed by atoms with Gasteiger partial charge in [-0.25, -0.2) is 5.84 Å². The van der Waals surface area contributed by atoms with E-state index in [1.54, 1.807) is 16.8 Å². The predicted octanol–water partition coefficient (Wildman–Crippen LogP) is 1.95. The van der Waals surface area contributed by atoms with Crippen molar-refractivity contribution < 1.29 is 4.79 Å². The predicted molar refractivity (Wildman–Crippen MR) is 87.7 cm³/mol. The first kappa shape index (κ1) is 15.9. The molecule has 0 spiro atoms. The Morgan fingerprint density at radius 1 is 1.19 bits per heavy atom. The van der Waals surface area contributed by atoms with Crippen molar-refractivity contribution in [2.24, 2.45) is 5.84 Å². The first-order valence-corrected chi connectivity index (χ1v) is 7.71. The van der Waals surface area contributed by atoms with E-state index in [0.717, 1.165) is 15.6 Å². The zero-order valence-electron chi connectivity index (χ0n) is 11.0. The summed E-state index contributed by atoms with van der Waals surface area (Å²) in [5, 5.41) is 0. The van der Waals surface area contributed by atoms with E-state index in [-0.39, 0.29) is 17.9 Å². The van der Waals surface area contributed by atoms with E-state index in [1.165, 1.54) is 0 Å². The number of rotatable bonds is 4. The molecule has 110 valence electrons. The summed E-state index contributed by atoms with van der Waals surface area (Å²) in [6.45, 7) is 0.459. The van der Waals surface area contributed by atoms with E-state index >= 15 is 0 Å². The molecule has 0 saturated carbocycles. The number of pyridine rings is 1.